The zero-order chi connectivity index (χ0) is 12.0. The van der Waals surface area contributed by atoms with Gasteiger partial charge in [0.05, 0.1) is 0 Å². The predicted molar refractivity (Wildman–Crippen MR) is 70.6 cm³/mol. The second kappa shape index (κ2) is 7.25. The molecule has 3 nitrogen and oxygen atoms in total. The first-order chi connectivity index (χ1) is 7.69. The fourth-order valence-electron chi connectivity index (χ4n) is 2.55. The first kappa shape index (κ1) is 13.9. The number of nitrogens with two attached hydrogens (primary N) is 1. The van der Waals surface area contributed by atoms with Gasteiger partial charge in [0.2, 0.25) is 0 Å². The third-order valence-corrected chi connectivity index (χ3v) is 4.18. The molecule has 1 fully saturated rings. The second-order valence-corrected chi connectivity index (χ2v) is 5.23. The molecular formula is C13H29N3. The summed E-state index contributed by atoms with van der Waals surface area (Å²) in [7, 11) is 2.21. The molecule has 0 bridgehead atoms. The van der Waals surface area contributed by atoms with Crippen molar-refractivity contribution in [1.29, 1.82) is 0 Å². The number of rotatable bonds is 7. The molecule has 3 N–H and O–H groups in total. The third kappa shape index (κ3) is 4.04. The van der Waals surface area contributed by atoms with Crippen LogP contribution < -0.4 is 11.1 Å². The molecule has 96 valence electrons. The van der Waals surface area contributed by atoms with Gasteiger partial charge in [0, 0.05) is 25.2 Å². The van der Waals surface area contributed by atoms with E-state index in [4.69, 9.17) is 5.73 Å². The normalized spacial score (nSPS) is 27.6. The highest BCUT2D eigenvalue weighted by Crippen LogP contribution is 2.24. The van der Waals surface area contributed by atoms with Crippen LogP contribution in [-0.4, -0.2) is 43.7 Å². The average Bonchev–Trinajstić information content (AvgIpc) is 2.75. The van der Waals surface area contributed by atoms with Crippen molar-refractivity contribution in [3.05, 3.63) is 0 Å². The molecule has 0 aromatic heterocycles. The first-order valence-corrected chi connectivity index (χ1v) is 6.82. The Kier molecular flexibility index (Phi) is 6.32. The van der Waals surface area contributed by atoms with E-state index >= 15 is 0 Å². The summed E-state index contributed by atoms with van der Waals surface area (Å²) in [5.41, 5.74) is 5.78. The van der Waals surface area contributed by atoms with Crippen molar-refractivity contribution >= 4 is 0 Å². The first-order valence-electron chi connectivity index (χ1n) is 6.82. The summed E-state index contributed by atoms with van der Waals surface area (Å²) in [6.45, 7) is 7.62. The Balaban J connectivity index is 2.15. The lowest BCUT2D eigenvalue weighted by Gasteiger charge is -2.25. The van der Waals surface area contributed by atoms with Crippen LogP contribution >= 0.6 is 0 Å². The Hall–Kier alpha value is -0.120. The molecule has 3 unspecified atom stereocenters. The SMILES string of the molecule is CCC(C)N(C)CCNC1CCCC1CN. The molecule has 0 aromatic carbocycles. The highest BCUT2D eigenvalue weighted by atomic mass is 15.1. The molecular weight excluding hydrogens is 198 g/mol. The zero-order valence-corrected chi connectivity index (χ0v) is 11.2. The quantitative estimate of drug-likeness (QED) is 0.691. The third-order valence-electron chi connectivity index (χ3n) is 4.18. The van der Waals surface area contributed by atoms with Crippen LogP contribution in [0, 0.1) is 5.92 Å². The van der Waals surface area contributed by atoms with Gasteiger partial charge in [-0.2, -0.15) is 0 Å². The standard InChI is InChI=1S/C13H29N3/c1-4-11(2)16(3)9-8-15-13-7-5-6-12(13)10-14/h11-13,15H,4-10,14H2,1-3H3. The molecule has 16 heavy (non-hydrogen) atoms. The van der Waals surface area contributed by atoms with Crippen molar-refractivity contribution < 1.29 is 0 Å². The molecule has 1 aliphatic rings. The summed E-state index contributed by atoms with van der Waals surface area (Å²) in [5.74, 6) is 0.717. The van der Waals surface area contributed by atoms with Crippen LogP contribution in [0.4, 0.5) is 0 Å². The summed E-state index contributed by atoms with van der Waals surface area (Å²) in [6.07, 6.45) is 5.20. The van der Waals surface area contributed by atoms with E-state index in [0.29, 0.717) is 18.0 Å². The predicted octanol–water partition coefficient (Wildman–Crippen LogP) is 1.43. The molecule has 0 spiro atoms. The lowest BCUT2D eigenvalue weighted by Crippen LogP contribution is -2.41. The molecule has 1 rings (SSSR count). The number of likely N-dealkylation sites (N-methyl/N-ethyl adjacent to an activating group) is 1. The maximum Gasteiger partial charge on any atom is 0.0108 e. The maximum absolute atomic E-state index is 5.78. The van der Waals surface area contributed by atoms with E-state index in [-0.39, 0.29) is 0 Å². The van der Waals surface area contributed by atoms with Crippen LogP contribution in [-0.2, 0) is 0 Å². The molecule has 0 heterocycles. The highest BCUT2D eigenvalue weighted by molar-refractivity contribution is 4.83. The van der Waals surface area contributed by atoms with E-state index in [1.165, 1.54) is 25.7 Å². The summed E-state index contributed by atoms with van der Waals surface area (Å²) in [4.78, 5) is 2.43. The largest absolute Gasteiger partial charge is 0.330 e. The van der Waals surface area contributed by atoms with Gasteiger partial charge in [-0.1, -0.05) is 13.3 Å². The van der Waals surface area contributed by atoms with E-state index in [2.05, 4.69) is 31.1 Å². The number of nitrogens with zero attached hydrogens (tertiary/aromatic N) is 1. The molecule has 0 aromatic rings. The van der Waals surface area contributed by atoms with Crippen molar-refractivity contribution in [1.82, 2.24) is 10.2 Å². The van der Waals surface area contributed by atoms with Crippen molar-refractivity contribution in [3.63, 3.8) is 0 Å². The molecule has 1 aliphatic carbocycles. The number of hydrogen-bond donors (Lipinski definition) is 2. The fourth-order valence-corrected chi connectivity index (χ4v) is 2.55. The lowest BCUT2D eigenvalue weighted by atomic mass is 10.0. The van der Waals surface area contributed by atoms with E-state index in [1.807, 2.05) is 0 Å². The maximum atomic E-state index is 5.78. The topological polar surface area (TPSA) is 41.3 Å². The molecule has 3 atom stereocenters. The number of hydrogen-bond acceptors (Lipinski definition) is 3. The Bertz CT molecular complexity index is 184. The monoisotopic (exact) mass is 227 g/mol. The summed E-state index contributed by atoms with van der Waals surface area (Å²) < 4.78 is 0. The van der Waals surface area contributed by atoms with Crippen LogP contribution in [0.3, 0.4) is 0 Å². The van der Waals surface area contributed by atoms with Crippen LogP contribution in [0.2, 0.25) is 0 Å². The molecule has 0 radical (unpaired) electrons. The fraction of sp³-hybridized carbons (Fsp3) is 1.00. The number of nitrogens with one attached hydrogen (secondary N) is 1. The van der Waals surface area contributed by atoms with Crippen molar-refractivity contribution in [2.24, 2.45) is 11.7 Å². The molecule has 1 saturated carbocycles. The van der Waals surface area contributed by atoms with Gasteiger partial charge < -0.3 is 16.0 Å². The van der Waals surface area contributed by atoms with Crippen molar-refractivity contribution in [2.75, 3.05) is 26.7 Å². The van der Waals surface area contributed by atoms with Crippen molar-refractivity contribution in [2.45, 2.75) is 51.6 Å². The van der Waals surface area contributed by atoms with Gasteiger partial charge in [-0.25, -0.2) is 0 Å². The molecule has 3 heteroatoms. The smallest absolute Gasteiger partial charge is 0.0108 e. The van der Waals surface area contributed by atoms with E-state index < -0.39 is 0 Å². The Labute approximate surface area is 101 Å². The van der Waals surface area contributed by atoms with Gasteiger partial charge in [0.25, 0.3) is 0 Å². The Morgan fingerprint density at radius 1 is 1.44 bits per heavy atom. The summed E-state index contributed by atoms with van der Waals surface area (Å²) in [5, 5.41) is 3.67. The average molecular weight is 227 g/mol. The summed E-state index contributed by atoms with van der Waals surface area (Å²) >= 11 is 0. The Morgan fingerprint density at radius 3 is 2.81 bits per heavy atom. The van der Waals surface area contributed by atoms with Crippen LogP contribution in [0.15, 0.2) is 0 Å². The minimum Gasteiger partial charge on any atom is -0.330 e. The minimum atomic E-state index is 0.676. The molecule has 0 aliphatic heterocycles. The van der Waals surface area contributed by atoms with Gasteiger partial charge in [-0.3, -0.25) is 0 Å². The van der Waals surface area contributed by atoms with Gasteiger partial charge in [-0.15, -0.1) is 0 Å². The van der Waals surface area contributed by atoms with E-state index in [1.54, 1.807) is 0 Å². The van der Waals surface area contributed by atoms with Crippen molar-refractivity contribution in [3.8, 4) is 0 Å². The Morgan fingerprint density at radius 2 is 2.19 bits per heavy atom. The van der Waals surface area contributed by atoms with Gasteiger partial charge >= 0.3 is 0 Å². The minimum absolute atomic E-state index is 0.676. The van der Waals surface area contributed by atoms with Gasteiger partial charge in [-0.05, 0) is 45.7 Å². The van der Waals surface area contributed by atoms with Crippen LogP contribution in [0.1, 0.15) is 39.5 Å². The highest BCUT2D eigenvalue weighted by Gasteiger charge is 2.25. The van der Waals surface area contributed by atoms with Gasteiger partial charge in [0.15, 0.2) is 0 Å². The van der Waals surface area contributed by atoms with Crippen LogP contribution in [0.5, 0.6) is 0 Å². The lowest BCUT2D eigenvalue weighted by molar-refractivity contribution is 0.244. The zero-order valence-electron chi connectivity index (χ0n) is 11.2. The molecule has 0 saturated heterocycles. The summed E-state index contributed by atoms with van der Waals surface area (Å²) in [6, 6.07) is 1.37. The van der Waals surface area contributed by atoms with Gasteiger partial charge in [0.1, 0.15) is 0 Å². The van der Waals surface area contributed by atoms with E-state index in [0.717, 1.165) is 19.6 Å². The second-order valence-electron chi connectivity index (χ2n) is 5.23. The molecule has 0 amide bonds. The van der Waals surface area contributed by atoms with Crippen LogP contribution in [0.25, 0.3) is 0 Å². The van der Waals surface area contributed by atoms with E-state index in [9.17, 15) is 0 Å².